The Labute approximate surface area is 170 Å². The van der Waals surface area contributed by atoms with Crippen LogP contribution >= 0.6 is 7.60 Å². The number of ether oxygens (including phenoxy) is 1. The van der Waals surface area contributed by atoms with E-state index in [0.717, 1.165) is 5.56 Å². The van der Waals surface area contributed by atoms with Crippen molar-refractivity contribution in [3.8, 4) is 11.5 Å². The predicted octanol–water partition coefficient (Wildman–Crippen LogP) is 5.89. The number of hydrogen-bond donors (Lipinski definition) is 0. The number of carbonyl (C=O) groups is 1. The zero-order chi connectivity index (χ0) is 21.8. The van der Waals surface area contributed by atoms with Crippen molar-refractivity contribution in [3.05, 3.63) is 23.3 Å². The van der Waals surface area contributed by atoms with E-state index < -0.39 is 21.6 Å². The van der Waals surface area contributed by atoms with Crippen molar-refractivity contribution in [1.82, 2.24) is 0 Å². The normalized spacial score (nSPS) is 13.9. The maximum absolute atomic E-state index is 13.2. The second kappa shape index (κ2) is 9.57. The second-order valence-electron chi connectivity index (χ2n) is 8.19. The number of aryl methyl sites for hydroxylation is 1. The van der Waals surface area contributed by atoms with Crippen LogP contribution < -0.4 is 9.16 Å². The van der Waals surface area contributed by atoms with Gasteiger partial charge in [-0.1, -0.05) is 26.8 Å². The Balaban J connectivity index is 3.47. The van der Waals surface area contributed by atoms with Gasteiger partial charge in [0.15, 0.2) is 5.75 Å². The highest BCUT2D eigenvalue weighted by atomic mass is 31.2. The average Bonchev–Trinajstić information content (AvgIpc) is 2.56. The fourth-order valence-electron chi connectivity index (χ4n) is 2.52. The van der Waals surface area contributed by atoms with Gasteiger partial charge in [0, 0.05) is 0 Å². The molecule has 0 amide bonds. The minimum atomic E-state index is -3.64. The van der Waals surface area contributed by atoms with Crippen LogP contribution in [-0.2, 0) is 18.4 Å². The molecule has 1 aromatic carbocycles. The van der Waals surface area contributed by atoms with Crippen LogP contribution in [-0.4, -0.2) is 34.9 Å². The molecule has 1 rings (SSSR count). The molecule has 0 spiro atoms. The molecule has 0 aliphatic rings. The molecule has 28 heavy (non-hydrogen) atoms. The van der Waals surface area contributed by atoms with Crippen LogP contribution in [0.1, 0.15) is 51.4 Å². The monoisotopic (exact) mass is 430 g/mol. The second-order valence-corrected chi connectivity index (χ2v) is 15.1. The van der Waals surface area contributed by atoms with Crippen LogP contribution in [0.2, 0.25) is 18.1 Å². The topological polar surface area (TPSA) is 71.1 Å². The highest BCUT2D eigenvalue weighted by molar-refractivity contribution is 7.55. The first kappa shape index (κ1) is 24.9. The molecule has 160 valence electrons. The summed E-state index contributed by atoms with van der Waals surface area (Å²) in [6, 6.07) is 3.49. The molecule has 0 bridgehead atoms. The molecule has 0 fully saturated rings. The van der Waals surface area contributed by atoms with Gasteiger partial charge in [0.2, 0.25) is 0 Å². The number of methoxy groups -OCH3 is 1. The van der Waals surface area contributed by atoms with E-state index in [1.807, 2.05) is 6.92 Å². The van der Waals surface area contributed by atoms with Crippen molar-refractivity contribution >= 4 is 22.2 Å². The van der Waals surface area contributed by atoms with Gasteiger partial charge in [0.1, 0.15) is 17.7 Å². The van der Waals surface area contributed by atoms with Gasteiger partial charge in [-0.2, -0.15) is 0 Å². The van der Waals surface area contributed by atoms with Crippen molar-refractivity contribution in [2.24, 2.45) is 0 Å². The highest BCUT2D eigenvalue weighted by Gasteiger charge is 2.41. The Kier molecular flexibility index (Phi) is 8.51. The molecule has 0 N–H and O–H groups in total. The fraction of sp³-hybridized carbons (Fsp3) is 0.650. The number of benzene rings is 1. The van der Waals surface area contributed by atoms with Gasteiger partial charge in [-0.05, 0) is 56.1 Å². The molecule has 0 radical (unpaired) electrons. The summed E-state index contributed by atoms with van der Waals surface area (Å²) in [6.07, 6.45) is 0.620. The summed E-state index contributed by atoms with van der Waals surface area (Å²) in [6.45, 7) is 16.5. The smallest absolute Gasteiger partial charge is 0.345 e. The average molecular weight is 431 g/mol. The van der Waals surface area contributed by atoms with Gasteiger partial charge in [-0.15, -0.1) is 0 Å². The molecule has 0 aliphatic carbocycles. The van der Waals surface area contributed by atoms with Gasteiger partial charge in [0.05, 0.1) is 20.3 Å². The van der Waals surface area contributed by atoms with E-state index in [4.69, 9.17) is 18.2 Å². The van der Waals surface area contributed by atoms with Crippen molar-refractivity contribution in [2.75, 3.05) is 20.3 Å². The molecule has 6 nitrogen and oxygen atoms in total. The van der Waals surface area contributed by atoms with E-state index in [9.17, 15) is 9.36 Å². The Morgan fingerprint density at radius 2 is 1.68 bits per heavy atom. The summed E-state index contributed by atoms with van der Waals surface area (Å²) in [5.74, 6) is 1.16. The summed E-state index contributed by atoms with van der Waals surface area (Å²) in [7, 11) is -4.18. The van der Waals surface area contributed by atoms with Gasteiger partial charge in [0.25, 0.3) is 8.32 Å². The number of aldehydes is 1. The quantitative estimate of drug-likeness (QED) is 0.262. The maximum atomic E-state index is 13.2. The van der Waals surface area contributed by atoms with Crippen LogP contribution in [0, 0.1) is 6.92 Å². The Hall–Kier alpha value is -1.14. The molecule has 0 saturated heterocycles. The summed E-state index contributed by atoms with van der Waals surface area (Å²) in [4.78, 5) is 11.9. The summed E-state index contributed by atoms with van der Waals surface area (Å²) in [5, 5.41) is 0.0219. The van der Waals surface area contributed by atoms with Crippen LogP contribution in [0.25, 0.3) is 0 Å². The third-order valence-corrected chi connectivity index (χ3v) is 11.7. The fourth-order valence-corrected chi connectivity index (χ4v) is 5.38. The minimum absolute atomic E-state index is 0.0219. The van der Waals surface area contributed by atoms with E-state index in [0.29, 0.717) is 23.3 Å². The zero-order valence-corrected chi connectivity index (χ0v) is 20.5. The van der Waals surface area contributed by atoms with Crippen LogP contribution in [0.3, 0.4) is 0 Å². The molecule has 0 saturated carbocycles. The predicted molar refractivity (Wildman–Crippen MR) is 115 cm³/mol. The minimum Gasteiger partial charge on any atom is -0.541 e. The van der Waals surface area contributed by atoms with Gasteiger partial charge in [-0.3, -0.25) is 4.57 Å². The lowest BCUT2D eigenvalue weighted by Gasteiger charge is -2.37. The first-order chi connectivity index (χ1) is 12.9. The molecule has 1 aromatic rings. The third-order valence-electron chi connectivity index (χ3n) is 5.08. The van der Waals surface area contributed by atoms with Crippen molar-refractivity contribution < 1.29 is 27.6 Å². The Bertz CT molecular complexity index is 716. The molecule has 0 aliphatic heterocycles. The molecule has 8 heteroatoms. The van der Waals surface area contributed by atoms with E-state index in [1.165, 1.54) is 0 Å². The molecular formula is C20H35O6PSi. The largest absolute Gasteiger partial charge is 0.541 e. The molecule has 1 atom stereocenters. The van der Waals surface area contributed by atoms with Gasteiger partial charge >= 0.3 is 7.60 Å². The Morgan fingerprint density at radius 1 is 1.14 bits per heavy atom. The lowest BCUT2D eigenvalue weighted by atomic mass is 10.1. The zero-order valence-electron chi connectivity index (χ0n) is 18.6. The van der Waals surface area contributed by atoms with Crippen molar-refractivity contribution in [2.45, 2.75) is 65.3 Å². The van der Waals surface area contributed by atoms with Gasteiger partial charge in [-0.25, -0.2) is 0 Å². The summed E-state index contributed by atoms with van der Waals surface area (Å²) >= 11 is 0. The molecule has 1 unspecified atom stereocenters. The standard InChI is InChI=1S/C20H35O6PSi/c1-10-24-27(22,25-11-2)18(14-21)16-12-15(3)19(17(13-16)23-7)26-28(8,9)20(4,5)6/h12-14,18H,10-11H2,1-9H3. The van der Waals surface area contributed by atoms with Crippen molar-refractivity contribution in [3.63, 3.8) is 0 Å². The third kappa shape index (κ3) is 5.47. The Morgan fingerprint density at radius 3 is 2.07 bits per heavy atom. The number of carbonyl (C=O) groups excluding carboxylic acids is 1. The van der Waals surface area contributed by atoms with Crippen LogP contribution in [0.15, 0.2) is 12.1 Å². The summed E-state index contributed by atoms with van der Waals surface area (Å²) < 4.78 is 36.0. The lowest BCUT2D eigenvalue weighted by Crippen LogP contribution is -2.44. The molecule has 0 heterocycles. The number of rotatable bonds is 10. The summed E-state index contributed by atoms with van der Waals surface area (Å²) in [5.41, 5.74) is 0.310. The molecular weight excluding hydrogens is 395 g/mol. The van der Waals surface area contributed by atoms with Crippen LogP contribution in [0.5, 0.6) is 11.5 Å². The van der Waals surface area contributed by atoms with E-state index in [1.54, 1.807) is 33.1 Å². The highest BCUT2D eigenvalue weighted by Crippen LogP contribution is 2.60. The van der Waals surface area contributed by atoms with Crippen molar-refractivity contribution in [1.29, 1.82) is 0 Å². The molecule has 0 aromatic heterocycles. The first-order valence-electron chi connectivity index (χ1n) is 9.58. The van der Waals surface area contributed by atoms with E-state index >= 15 is 0 Å². The number of hydrogen-bond acceptors (Lipinski definition) is 6. The maximum Gasteiger partial charge on any atom is 0.345 e. The SMILES string of the molecule is CCOP(=O)(OCC)C(C=O)c1cc(C)c(O[Si](C)(C)C(C)(C)C)c(OC)c1. The lowest BCUT2D eigenvalue weighted by molar-refractivity contribution is -0.108. The first-order valence-corrected chi connectivity index (χ1v) is 14.1. The van der Waals surface area contributed by atoms with E-state index in [-0.39, 0.29) is 18.3 Å². The van der Waals surface area contributed by atoms with Gasteiger partial charge < -0.3 is 23.0 Å². The van der Waals surface area contributed by atoms with Crippen LogP contribution in [0.4, 0.5) is 0 Å². The van der Waals surface area contributed by atoms with E-state index in [2.05, 4.69) is 33.9 Å².